The van der Waals surface area contributed by atoms with Crippen molar-refractivity contribution in [1.29, 1.82) is 0 Å². The van der Waals surface area contributed by atoms with E-state index in [1.807, 2.05) is 109 Å². The molecule has 2 aliphatic rings. The Hall–Kier alpha value is -7.34. The van der Waals surface area contributed by atoms with E-state index in [9.17, 15) is 28.8 Å². The van der Waals surface area contributed by atoms with Crippen molar-refractivity contribution in [3.63, 3.8) is 0 Å². The first-order valence-electron chi connectivity index (χ1n) is 19.8. The molecule has 12 nitrogen and oxygen atoms in total. The molecule has 8 rings (SSSR count). The Labute approximate surface area is 345 Å². The summed E-state index contributed by atoms with van der Waals surface area (Å²) < 4.78 is 13.7. The van der Waals surface area contributed by atoms with Crippen molar-refractivity contribution < 1.29 is 28.7 Å². The number of fused-ring (bicyclic) bond motifs is 3. The highest BCUT2D eigenvalue weighted by molar-refractivity contribution is 5.95. The molecule has 5 aromatic carbocycles. The first-order chi connectivity index (χ1) is 29.2. The summed E-state index contributed by atoms with van der Waals surface area (Å²) in [5, 5.41) is 2.67. The van der Waals surface area contributed by atoms with Gasteiger partial charge in [-0.05, 0) is 52.4 Å². The molecule has 0 unspecified atom stereocenters. The lowest BCUT2D eigenvalue weighted by Crippen LogP contribution is -2.46. The van der Waals surface area contributed by atoms with Crippen LogP contribution in [0.2, 0.25) is 0 Å². The third-order valence-electron chi connectivity index (χ3n) is 11.2. The number of hydrogen-bond acceptors (Lipinski definition) is 8. The minimum atomic E-state index is -1.15. The zero-order chi connectivity index (χ0) is 41.8. The van der Waals surface area contributed by atoms with Gasteiger partial charge in [-0.2, -0.15) is 4.57 Å². The summed E-state index contributed by atoms with van der Waals surface area (Å²) in [6, 6.07) is 40.5. The van der Waals surface area contributed by atoms with Crippen molar-refractivity contribution in [2.45, 2.75) is 43.9 Å². The predicted octanol–water partition coefficient (Wildman–Crippen LogP) is 6.41. The van der Waals surface area contributed by atoms with Crippen LogP contribution in [0.25, 0.3) is 11.1 Å². The number of aromatic nitrogens is 2. The molecule has 0 saturated carbocycles. The number of hydrogen-bond donors (Lipinski definition) is 1. The number of carbonyl (C=O) groups excluding carboxylic acids is 4. The van der Waals surface area contributed by atoms with E-state index in [1.165, 1.54) is 34.7 Å². The van der Waals surface area contributed by atoms with Crippen LogP contribution < -0.4 is 16.6 Å². The highest BCUT2D eigenvalue weighted by atomic mass is 16.6. The fraction of sp³-hybridized carbons (Fsp3) is 0.208. The second kappa shape index (κ2) is 17.3. The molecular formula is C48H42N4O8. The number of alkyl carbamates (subject to hydrolysis) is 1. The third-order valence-corrected chi connectivity index (χ3v) is 11.2. The van der Waals surface area contributed by atoms with Crippen LogP contribution in [0, 0.1) is 6.92 Å². The number of esters is 1. The summed E-state index contributed by atoms with van der Waals surface area (Å²) in [5.41, 5.74) is 4.39. The van der Waals surface area contributed by atoms with Gasteiger partial charge in [0.25, 0.3) is 11.5 Å². The molecule has 1 aliphatic carbocycles. The molecular weight excluding hydrogens is 761 g/mol. The van der Waals surface area contributed by atoms with Crippen molar-refractivity contribution in [3.8, 4) is 11.1 Å². The Kier molecular flexibility index (Phi) is 11.4. The molecule has 0 radical (unpaired) electrons. The van der Waals surface area contributed by atoms with E-state index < -0.39 is 53.3 Å². The van der Waals surface area contributed by atoms with Gasteiger partial charge in [0.1, 0.15) is 12.6 Å². The molecule has 0 spiro atoms. The van der Waals surface area contributed by atoms with Gasteiger partial charge in [-0.15, -0.1) is 0 Å². The van der Waals surface area contributed by atoms with Crippen molar-refractivity contribution in [3.05, 3.63) is 200 Å². The van der Waals surface area contributed by atoms with Gasteiger partial charge in [0.05, 0.1) is 6.04 Å². The number of carbonyl (C=O) groups is 4. The zero-order valence-electron chi connectivity index (χ0n) is 32.8. The molecule has 6 aromatic rings. The van der Waals surface area contributed by atoms with Gasteiger partial charge in [0.2, 0.25) is 5.91 Å². The molecule has 12 heteroatoms. The van der Waals surface area contributed by atoms with Gasteiger partial charge in [0.15, 0.2) is 6.10 Å². The molecule has 1 fully saturated rings. The Bertz CT molecular complexity index is 2590. The highest BCUT2D eigenvalue weighted by Gasteiger charge is 2.43. The van der Waals surface area contributed by atoms with Gasteiger partial charge < -0.3 is 19.7 Å². The first kappa shape index (κ1) is 39.5. The molecule has 2 heterocycles. The van der Waals surface area contributed by atoms with E-state index in [4.69, 9.17) is 9.47 Å². The number of benzene rings is 5. The first-order valence-corrected chi connectivity index (χ1v) is 19.8. The van der Waals surface area contributed by atoms with E-state index in [0.717, 1.165) is 33.4 Å². The van der Waals surface area contributed by atoms with E-state index in [2.05, 4.69) is 5.32 Å². The van der Waals surface area contributed by atoms with Gasteiger partial charge in [-0.3, -0.25) is 19.0 Å². The predicted molar refractivity (Wildman–Crippen MR) is 224 cm³/mol. The Morgan fingerprint density at radius 2 is 1.28 bits per heavy atom. The molecule has 302 valence electrons. The lowest BCUT2D eigenvalue weighted by atomic mass is 9.98. The maximum Gasteiger partial charge on any atom is 0.407 e. The van der Waals surface area contributed by atoms with Crippen LogP contribution in [0.1, 0.15) is 69.1 Å². The van der Waals surface area contributed by atoms with E-state index in [0.29, 0.717) is 4.57 Å². The van der Waals surface area contributed by atoms with Crippen LogP contribution >= 0.6 is 0 Å². The molecule has 2 atom stereocenters. The van der Waals surface area contributed by atoms with Crippen LogP contribution in [0.3, 0.4) is 0 Å². The fourth-order valence-corrected chi connectivity index (χ4v) is 8.21. The lowest BCUT2D eigenvalue weighted by Gasteiger charge is -2.26. The van der Waals surface area contributed by atoms with Crippen LogP contribution in [0.5, 0.6) is 0 Å². The second-order valence-corrected chi connectivity index (χ2v) is 14.9. The molecule has 1 N–H and O–H groups in total. The third kappa shape index (κ3) is 7.91. The summed E-state index contributed by atoms with van der Waals surface area (Å²) >= 11 is 0. The number of amides is 2. The van der Waals surface area contributed by atoms with Crippen molar-refractivity contribution in [2.24, 2.45) is 0 Å². The van der Waals surface area contributed by atoms with Gasteiger partial charge in [-0.1, -0.05) is 127 Å². The molecule has 1 saturated heterocycles. The summed E-state index contributed by atoms with van der Waals surface area (Å²) in [7, 11) is 0. The summed E-state index contributed by atoms with van der Waals surface area (Å²) in [6.45, 7) is 1.39. The number of nitrogens with one attached hydrogen (secondary N) is 1. The number of aryl methyl sites for hydroxylation is 1. The van der Waals surface area contributed by atoms with E-state index >= 15 is 0 Å². The maximum atomic E-state index is 14.3. The second-order valence-electron chi connectivity index (χ2n) is 14.9. The molecule has 60 heavy (non-hydrogen) atoms. The number of nitrogens with zero attached hydrogens (tertiary/aromatic N) is 3. The van der Waals surface area contributed by atoms with Gasteiger partial charge in [-0.25, -0.2) is 14.4 Å². The molecule has 0 bridgehead atoms. The fourth-order valence-electron chi connectivity index (χ4n) is 8.21. The van der Waals surface area contributed by atoms with Crippen molar-refractivity contribution in [2.75, 3.05) is 19.7 Å². The maximum absolute atomic E-state index is 14.3. The zero-order valence-corrected chi connectivity index (χ0v) is 32.8. The SMILES string of the molecule is Cc1cn([C@@H]2C[C@H](C(=O)OC(c3ccccc3)c3ccccc3)N(C(=O)CCNC(=O)OCC3c4ccccc4-c4ccccc43)C2)c(=O)n(C(=O)c2ccccc2)c1=O. The Morgan fingerprint density at radius 3 is 1.88 bits per heavy atom. The Balaban J connectivity index is 1.02. The normalized spacial score (nSPS) is 15.6. The van der Waals surface area contributed by atoms with E-state index in [1.54, 1.807) is 18.2 Å². The summed E-state index contributed by atoms with van der Waals surface area (Å²) in [4.78, 5) is 83.5. The average Bonchev–Trinajstić information content (AvgIpc) is 3.87. The number of ether oxygens (including phenoxy) is 2. The largest absolute Gasteiger partial charge is 0.451 e. The quantitative estimate of drug-likeness (QED) is 0.148. The number of likely N-dealkylation sites (tertiary alicyclic amines) is 1. The summed E-state index contributed by atoms with van der Waals surface area (Å²) in [5.74, 6) is -2.12. The van der Waals surface area contributed by atoms with E-state index in [-0.39, 0.29) is 49.6 Å². The lowest BCUT2D eigenvalue weighted by molar-refractivity contribution is -0.156. The van der Waals surface area contributed by atoms with Crippen LogP contribution in [-0.2, 0) is 19.1 Å². The average molecular weight is 803 g/mol. The van der Waals surface area contributed by atoms with Crippen molar-refractivity contribution >= 4 is 23.9 Å². The van der Waals surface area contributed by atoms with Crippen LogP contribution in [-0.4, -0.2) is 63.6 Å². The van der Waals surface area contributed by atoms with Crippen LogP contribution in [0.4, 0.5) is 4.79 Å². The molecule has 2 amide bonds. The van der Waals surface area contributed by atoms with Gasteiger partial charge in [0, 0.05) is 49.2 Å². The minimum absolute atomic E-state index is 0.0439. The minimum Gasteiger partial charge on any atom is -0.451 e. The monoisotopic (exact) mass is 802 g/mol. The molecule has 1 aliphatic heterocycles. The van der Waals surface area contributed by atoms with Crippen molar-refractivity contribution in [1.82, 2.24) is 19.4 Å². The topological polar surface area (TPSA) is 146 Å². The molecule has 1 aromatic heterocycles. The highest BCUT2D eigenvalue weighted by Crippen LogP contribution is 2.44. The standard InChI is InChI=1S/C48H42N4O8/c1-31-28-50(48(58)52(44(31)54)45(55)34-19-9-4-10-20-34)35-27-41(46(56)60-43(32-15-5-2-6-16-32)33-17-7-3-8-18-33)51(29-35)42(53)25-26-49-47(57)59-30-40-38-23-13-11-21-36(38)37-22-12-14-24-39(37)40/h2-24,28,35,40-41,43H,25-27,29-30H2,1H3,(H,49,57)/t35-,41-/m1/s1. The smallest absolute Gasteiger partial charge is 0.407 e. The summed E-state index contributed by atoms with van der Waals surface area (Å²) in [6.07, 6.45) is -0.378. The van der Waals surface area contributed by atoms with Crippen LogP contribution in [0.15, 0.2) is 155 Å². The van der Waals surface area contributed by atoms with Gasteiger partial charge >= 0.3 is 17.8 Å². The number of rotatable bonds is 11. The Morgan fingerprint density at radius 1 is 0.733 bits per heavy atom.